The molecule has 0 aliphatic heterocycles. The highest BCUT2D eigenvalue weighted by atomic mass is 19.2. The number of aryl methyl sites for hydroxylation is 2. The second-order valence-corrected chi connectivity index (χ2v) is 5.63. The van der Waals surface area contributed by atoms with Crippen LogP contribution in [0.15, 0.2) is 48.8 Å². The van der Waals surface area contributed by atoms with E-state index < -0.39 is 17.5 Å². The third-order valence-electron chi connectivity index (χ3n) is 3.75. The van der Waals surface area contributed by atoms with Gasteiger partial charge in [0.1, 0.15) is 5.82 Å². The van der Waals surface area contributed by atoms with E-state index in [4.69, 9.17) is 0 Å². The Balaban J connectivity index is 2.01. The number of anilines is 1. The molecule has 126 valence electrons. The van der Waals surface area contributed by atoms with E-state index in [1.807, 2.05) is 6.92 Å². The Morgan fingerprint density at radius 3 is 2.64 bits per heavy atom. The Hall–Kier alpha value is -3.15. The third-order valence-corrected chi connectivity index (χ3v) is 3.75. The molecule has 0 bridgehead atoms. The first-order valence-corrected chi connectivity index (χ1v) is 7.61. The molecular formula is C19H15F2N3O. The number of hydrogen-bond donors (Lipinski definition) is 1. The third kappa shape index (κ3) is 3.52. The van der Waals surface area contributed by atoms with E-state index in [0.717, 1.165) is 11.6 Å². The van der Waals surface area contributed by atoms with Crippen molar-refractivity contribution in [3.05, 3.63) is 77.2 Å². The summed E-state index contributed by atoms with van der Waals surface area (Å²) >= 11 is 0. The average Bonchev–Trinajstić information content (AvgIpc) is 2.57. The lowest BCUT2D eigenvalue weighted by Gasteiger charge is -2.10. The number of carbonyl (C=O) groups excluding carboxylic acids is 1. The van der Waals surface area contributed by atoms with Crippen molar-refractivity contribution >= 4 is 11.7 Å². The van der Waals surface area contributed by atoms with E-state index in [1.54, 1.807) is 43.6 Å². The summed E-state index contributed by atoms with van der Waals surface area (Å²) in [6.07, 6.45) is 3.15. The predicted molar refractivity (Wildman–Crippen MR) is 91.3 cm³/mol. The summed E-state index contributed by atoms with van der Waals surface area (Å²) in [6, 6.07) is 9.18. The first-order valence-electron chi connectivity index (χ1n) is 7.61. The van der Waals surface area contributed by atoms with Crippen LogP contribution in [0.5, 0.6) is 0 Å². The van der Waals surface area contributed by atoms with Crippen molar-refractivity contribution in [3.8, 4) is 11.1 Å². The summed E-state index contributed by atoms with van der Waals surface area (Å²) in [6.45, 7) is 3.59. The van der Waals surface area contributed by atoms with Crippen LogP contribution in [-0.2, 0) is 0 Å². The van der Waals surface area contributed by atoms with Gasteiger partial charge in [-0.2, -0.15) is 0 Å². The van der Waals surface area contributed by atoms with Crippen molar-refractivity contribution < 1.29 is 13.6 Å². The highest BCUT2D eigenvalue weighted by Crippen LogP contribution is 2.26. The molecule has 0 fully saturated rings. The zero-order valence-corrected chi connectivity index (χ0v) is 13.7. The summed E-state index contributed by atoms with van der Waals surface area (Å²) in [5.74, 6) is -2.79. The zero-order valence-electron chi connectivity index (χ0n) is 13.7. The van der Waals surface area contributed by atoms with Crippen LogP contribution in [0.1, 0.15) is 21.6 Å². The first-order chi connectivity index (χ1) is 12.0. The summed E-state index contributed by atoms with van der Waals surface area (Å²) in [7, 11) is 0. The molecule has 0 spiro atoms. The fraction of sp³-hybridized carbons (Fsp3) is 0.105. The standard InChI is InChI=1S/C19H15F2N3O/c1-11-6-7-22-10-15(11)13-8-14(18(21)16(20)9-13)19(25)24-17-5-3-4-12(2)23-17/h3-10H,1-2H3,(H,23,24,25). The minimum atomic E-state index is -1.20. The van der Waals surface area contributed by atoms with Crippen LogP contribution in [0.2, 0.25) is 0 Å². The number of amides is 1. The normalized spacial score (nSPS) is 10.6. The van der Waals surface area contributed by atoms with E-state index in [-0.39, 0.29) is 11.4 Å². The number of benzene rings is 1. The second kappa shape index (κ2) is 6.76. The maximum absolute atomic E-state index is 14.2. The molecule has 0 aliphatic rings. The van der Waals surface area contributed by atoms with Gasteiger partial charge in [0.2, 0.25) is 0 Å². The van der Waals surface area contributed by atoms with E-state index in [9.17, 15) is 13.6 Å². The molecule has 0 saturated heterocycles. The number of rotatable bonds is 3. The summed E-state index contributed by atoms with van der Waals surface area (Å²) in [4.78, 5) is 20.5. The van der Waals surface area contributed by atoms with Crippen LogP contribution < -0.4 is 5.32 Å². The van der Waals surface area contributed by atoms with Gasteiger partial charge in [-0.3, -0.25) is 9.78 Å². The van der Waals surface area contributed by atoms with Gasteiger partial charge in [0.25, 0.3) is 5.91 Å². The second-order valence-electron chi connectivity index (χ2n) is 5.63. The lowest BCUT2D eigenvalue weighted by atomic mass is 10.00. The van der Waals surface area contributed by atoms with Gasteiger partial charge in [-0.1, -0.05) is 6.07 Å². The van der Waals surface area contributed by atoms with Crippen molar-refractivity contribution in [2.45, 2.75) is 13.8 Å². The van der Waals surface area contributed by atoms with E-state index >= 15 is 0 Å². The Kier molecular flexibility index (Phi) is 4.52. The molecule has 0 radical (unpaired) electrons. The summed E-state index contributed by atoms with van der Waals surface area (Å²) < 4.78 is 28.2. The van der Waals surface area contributed by atoms with Gasteiger partial charge >= 0.3 is 0 Å². The number of halogens is 2. The quantitative estimate of drug-likeness (QED) is 0.774. The Labute approximate surface area is 143 Å². The van der Waals surface area contributed by atoms with Crippen molar-refractivity contribution in [1.82, 2.24) is 9.97 Å². The Bertz CT molecular complexity index is 957. The van der Waals surface area contributed by atoms with Gasteiger partial charge < -0.3 is 5.32 Å². The molecule has 3 rings (SSSR count). The lowest BCUT2D eigenvalue weighted by Crippen LogP contribution is -2.16. The molecule has 1 aromatic carbocycles. The highest BCUT2D eigenvalue weighted by Gasteiger charge is 2.19. The smallest absolute Gasteiger partial charge is 0.259 e. The van der Waals surface area contributed by atoms with Crippen LogP contribution in [0.25, 0.3) is 11.1 Å². The SMILES string of the molecule is Cc1cccc(NC(=O)c2cc(-c3cnccc3C)cc(F)c2F)n1. The number of carbonyl (C=O) groups is 1. The molecule has 0 atom stereocenters. The van der Waals surface area contributed by atoms with E-state index in [1.165, 1.54) is 6.07 Å². The molecule has 0 saturated carbocycles. The van der Waals surface area contributed by atoms with Crippen LogP contribution in [-0.4, -0.2) is 15.9 Å². The molecule has 6 heteroatoms. The molecule has 2 aromatic heterocycles. The number of pyridine rings is 2. The minimum absolute atomic E-state index is 0.271. The maximum Gasteiger partial charge on any atom is 0.259 e. The molecule has 0 unspecified atom stereocenters. The lowest BCUT2D eigenvalue weighted by molar-refractivity contribution is 0.102. The van der Waals surface area contributed by atoms with Crippen LogP contribution in [0.4, 0.5) is 14.6 Å². The van der Waals surface area contributed by atoms with Gasteiger partial charge in [-0.05, 0) is 55.3 Å². The van der Waals surface area contributed by atoms with Crippen LogP contribution in [0, 0.1) is 25.5 Å². The topological polar surface area (TPSA) is 54.9 Å². The molecule has 1 amide bonds. The monoisotopic (exact) mass is 339 g/mol. The van der Waals surface area contributed by atoms with Crippen molar-refractivity contribution in [3.63, 3.8) is 0 Å². The number of nitrogens with one attached hydrogen (secondary N) is 1. The molecule has 1 N–H and O–H groups in total. The Morgan fingerprint density at radius 1 is 1.12 bits per heavy atom. The van der Waals surface area contributed by atoms with Crippen LogP contribution in [0.3, 0.4) is 0 Å². The highest BCUT2D eigenvalue weighted by molar-refractivity contribution is 6.04. The van der Waals surface area contributed by atoms with Crippen molar-refractivity contribution in [1.29, 1.82) is 0 Å². The van der Waals surface area contributed by atoms with Crippen molar-refractivity contribution in [2.75, 3.05) is 5.32 Å². The molecule has 25 heavy (non-hydrogen) atoms. The predicted octanol–water partition coefficient (Wildman–Crippen LogP) is 4.29. The van der Waals surface area contributed by atoms with Gasteiger partial charge in [0.15, 0.2) is 11.6 Å². The number of hydrogen-bond acceptors (Lipinski definition) is 3. The van der Waals surface area contributed by atoms with E-state index in [0.29, 0.717) is 16.8 Å². The minimum Gasteiger partial charge on any atom is -0.306 e. The first kappa shape index (κ1) is 16.7. The van der Waals surface area contributed by atoms with Gasteiger partial charge in [0, 0.05) is 23.7 Å². The fourth-order valence-electron chi connectivity index (χ4n) is 2.47. The largest absolute Gasteiger partial charge is 0.306 e. The van der Waals surface area contributed by atoms with Crippen LogP contribution >= 0.6 is 0 Å². The molecule has 0 aliphatic carbocycles. The molecule has 2 heterocycles. The maximum atomic E-state index is 14.2. The summed E-state index contributed by atoms with van der Waals surface area (Å²) in [5, 5.41) is 2.49. The van der Waals surface area contributed by atoms with Gasteiger partial charge in [-0.15, -0.1) is 0 Å². The van der Waals surface area contributed by atoms with Gasteiger partial charge in [-0.25, -0.2) is 13.8 Å². The summed E-state index contributed by atoms with van der Waals surface area (Å²) in [5.41, 5.74) is 2.16. The molecular weight excluding hydrogens is 324 g/mol. The Morgan fingerprint density at radius 2 is 1.92 bits per heavy atom. The number of nitrogens with zero attached hydrogens (tertiary/aromatic N) is 2. The zero-order chi connectivity index (χ0) is 18.0. The molecule has 4 nitrogen and oxygen atoms in total. The average molecular weight is 339 g/mol. The van der Waals surface area contributed by atoms with E-state index in [2.05, 4.69) is 15.3 Å². The number of aromatic nitrogens is 2. The fourth-order valence-corrected chi connectivity index (χ4v) is 2.47. The molecule has 3 aromatic rings. The van der Waals surface area contributed by atoms with Crippen molar-refractivity contribution in [2.24, 2.45) is 0 Å². The van der Waals surface area contributed by atoms with Gasteiger partial charge in [0.05, 0.1) is 5.56 Å².